The van der Waals surface area contributed by atoms with E-state index < -0.39 is 0 Å². The fraction of sp³-hybridized carbons (Fsp3) is 0.0556. The predicted octanol–water partition coefficient (Wildman–Crippen LogP) is 3.54. The molecule has 0 unspecified atom stereocenters. The first-order valence-electron chi connectivity index (χ1n) is 7.56. The van der Waals surface area contributed by atoms with Crippen molar-refractivity contribution in [3.8, 4) is 5.75 Å². The maximum absolute atomic E-state index is 12.7. The number of hydrogen-bond donors (Lipinski definition) is 2. The summed E-state index contributed by atoms with van der Waals surface area (Å²) in [6.07, 6.45) is 2.80. The maximum Gasteiger partial charge on any atom is 0.298 e. The van der Waals surface area contributed by atoms with Crippen LogP contribution in [0.5, 0.6) is 5.75 Å². The number of nitrogens with zero attached hydrogens (tertiary/aromatic N) is 3. The molecule has 0 aliphatic heterocycles. The first-order chi connectivity index (χ1) is 12.0. The van der Waals surface area contributed by atoms with Gasteiger partial charge < -0.3 is 10.1 Å². The Kier molecular flexibility index (Phi) is 3.65. The fourth-order valence-corrected chi connectivity index (χ4v) is 3.18. The highest BCUT2D eigenvalue weighted by atomic mass is 79.9. The number of aryl methyl sites for hydroxylation is 1. The van der Waals surface area contributed by atoms with Gasteiger partial charge in [0.25, 0.3) is 5.56 Å². The van der Waals surface area contributed by atoms with E-state index in [1.54, 1.807) is 18.2 Å². The van der Waals surface area contributed by atoms with Gasteiger partial charge in [0.05, 0.1) is 6.21 Å². The Morgan fingerprint density at radius 3 is 3.00 bits per heavy atom. The summed E-state index contributed by atoms with van der Waals surface area (Å²) in [6, 6.07) is 10.8. The molecule has 0 bridgehead atoms. The van der Waals surface area contributed by atoms with Gasteiger partial charge in [-0.1, -0.05) is 28.1 Å². The minimum atomic E-state index is -0.300. The van der Waals surface area contributed by atoms with E-state index in [0.29, 0.717) is 16.6 Å². The smallest absolute Gasteiger partial charge is 0.298 e. The third kappa shape index (κ3) is 2.62. The van der Waals surface area contributed by atoms with Gasteiger partial charge in [-0.15, -0.1) is 0 Å². The van der Waals surface area contributed by atoms with Crippen LogP contribution in [0.2, 0.25) is 0 Å². The first kappa shape index (κ1) is 15.6. The van der Waals surface area contributed by atoms with Crippen molar-refractivity contribution in [1.29, 1.82) is 0 Å². The molecule has 124 valence electrons. The average molecular weight is 397 g/mol. The van der Waals surface area contributed by atoms with Crippen LogP contribution in [-0.2, 0) is 0 Å². The molecular formula is C18H13BrN4O2. The van der Waals surface area contributed by atoms with Crippen LogP contribution in [0, 0.1) is 6.92 Å². The molecule has 0 fully saturated rings. The molecule has 0 spiro atoms. The number of aromatic hydroxyl groups is 1. The number of phenolic OH excluding ortho intramolecular Hbond substituents is 1. The van der Waals surface area contributed by atoms with Crippen LogP contribution in [0.15, 0.2) is 57.1 Å². The Labute approximate surface area is 150 Å². The predicted molar refractivity (Wildman–Crippen MR) is 101 cm³/mol. The van der Waals surface area contributed by atoms with Gasteiger partial charge in [0.15, 0.2) is 0 Å². The van der Waals surface area contributed by atoms with E-state index in [9.17, 15) is 9.90 Å². The number of benzene rings is 2. The van der Waals surface area contributed by atoms with Crippen molar-refractivity contribution in [2.45, 2.75) is 6.92 Å². The summed E-state index contributed by atoms with van der Waals surface area (Å²) in [5.74, 6) is 0.0790. The number of hydrogen-bond acceptors (Lipinski definition) is 4. The average Bonchev–Trinajstić information content (AvgIpc) is 2.98. The normalized spacial score (nSPS) is 11.8. The van der Waals surface area contributed by atoms with Crippen molar-refractivity contribution in [2.75, 3.05) is 0 Å². The standard InChI is InChI=1S/C18H13BrN4O2/c1-10-3-2-4-13-15(10)16-17(22-13)18(25)23(9-20-16)21-8-11-7-12(19)5-6-14(11)24/h2-9,22,24H,1H3. The van der Waals surface area contributed by atoms with Gasteiger partial charge in [0.2, 0.25) is 0 Å². The second kappa shape index (κ2) is 5.86. The van der Waals surface area contributed by atoms with Gasteiger partial charge in [-0.2, -0.15) is 9.78 Å². The summed E-state index contributed by atoms with van der Waals surface area (Å²) >= 11 is 3.34. The van der Waals surface area contributed by atoms with Crippen molar-refractivity contribution < 1.29 is 5.11 Å². The summed E-state index contributed by atoms with van der Waals surface area (Å²) in [7, 11) is 0. The summed E-state index contributed by atoms with van der Waals surface area (Å²) in [4.78, 5) is 20.2. The van der Waals surface area contributed by atoms with E-state index in [1.165, 1.54) is 12.5 Å². The fourth-order valence-electron chi connectivity index (χ4n) is 2.80. The number of aromatic amines is 1. The quantitative estimate of drug-likeness (QED) is 0.508. The SMILES string of the molecule is Cc1cccc2[nH]c3c(=O)n(N=Cc4cc(Br)ccc4O)cnc3c12. The van der Waals surface area contributed by atoms with Gasteiger partial charge in [-0.25, -0.2) is 4.98 Å². The van der Waals surface area contributed by atoms with Gasteiger partial charge in [-0.05, 0) is 36.8 Å². The number of H-pyrrole nitrogens is 1. The molecule has 0 aliphatic rings. The van der Waals surface area contributed by atoms with Crippen LogP contribution >= 0.6 is 15.9 Å². The lowest BCUT2D eigenvalue weighted by Crippen LogP contribution is -2.17. The lowest BCUT2D eigenvalue weighted by molar-refractivity contribution is 0.474. The molecule has 0 amide bonds. The Morgan fingerprint density at radius 1 is 1.32 bits per heavy atom. The van der Waals surface area contributed by atoms with Gasteiger partial charge in [-0.3, -0.25) is 4.79 Å². The number of fused-ring (bicyclic) bond motifs is 3. The minimum Gasteiger partial charge on any atom is -0.507 e. The van der Waals surface area contributed by atoms with Crippen LogP contribution in [0.3, 0.4) is 0 Å². The highest BCUT2D eigenvalue weighted by Gasteiger charge is 2.12. The van der Waals surface area contributed by atoms with Crippen LogP contribution in [0.4, 0.5) is 0 Å². The zero-order chi connectivity index (χ0) is 17.6. The highest BCUT2D eigenvalue weighted by molar-refractivity contribution is 9.10. The van der Waals surface area contributed by atoms with Crippen molar-refractivity contribution in [1.82, 2.24) is 14.6 Å². The van der Waals surface area contributed by atoms with Crippen molar-refractivity contribution in [2.24, 2.45) is 5.10 Å². The van der Waals surface area contributed by atoms with E-state index in [4.69, 9.17) is 0 Å². The van der Waals surface area contributed by atoms with Crippen LogP contribution < -0.4 is 5.56 Å². The van der Waals surface area contributed by atoms with E-state index in [0.717, 1.165) is 25.6 Å². The molecule has 0 atom stereocenters. The number of phenols is 1. The second-order valence-corrected chi connectivity index (χ2v) is 6.60. The van der Waals surface area contributed by atoms with Crippen molar-refractivity contribution >= 4 is 44.1 Å². The lowest BCUT2D eigenvalue weighted by atomic mass is 10.1. The molecular weight excluding hydrogens is 384 g/mol. The van der Waals surface area contributed by atoms with Crippen molar-refractivity contribution in [3.05, 3.63) is 68.7 Å². The van der Waals surface area contributed by atoms with E-state index >= 15 is 0 Å². The lowest BCUT2D eigenvalue weighted by Gasteiger charge is -2.01. The number of nitrogens with one attached hydrogen (secondary N) is 1. The summed E-state index contributed by atoms with van der Waals surface area (Å²) in [5, 5.41) is 14.9. The zero-order valence-electron chi connectivity index (χ0n) is 13.2. The summed E-state index contributed by atoms with van der Waals surface area (Å²) in [5.41, 5.74) is 3.15. The topological polar surface area (TPSA) is 83.3 Å². The van der Waals surface area contributed by atoms with E-state index in [1.807, 2.05) is 25.1 Å². The van der Waals surface area contributed by atoms with Gasteiger partial charge in [0, 0.05) is 20.9 Å². The molecule has 0 aliphatic carbocycles. The highest BCUT2D eigenvalue weighted by Crippen LogP contribution is 2.24. The Bertz CT molecular complexity index is 1210. The first-order valence-corrected chi connectivity index (χ1v) is 8.35. The number of halogens is 1. The summed E-state index contributed by atoms with van der Waals surface area (Å²) in [6.45, 7) is 1.98. The maximum atomic E-state index is 12.7. The number of aromatic nitrogens is 3. The van der Waals surface area contributed by atoms with Gasteiger partial charge >= 0.3 is 0 Å². The molecule has 0 radical (unpaired) electrons. The summed E-state index contributed by atoms with van der Waals surface area (Å²) < 4.78 is 1.95. The largest absolute Gasteiger partial charge is 0.507 e. The van der Waals surface area contributed by atoms with Crippen molar-refractivity contribution in [3.63, 3.8) is 0 Å². The van der Waals surface area contributed by atoms with Crippen LogP contribution in [0.1, 0.15) is 11.1 Å². The molecule has 25 heavy (non-hydrogen) atoms. The third-order valence-corrected chi connectivity index (χ3v) is 4.53. The van der Waals surface area contributed by atoms with Gasteiger partial charge in [0.1, 0.15) is 23.1 Å². The Balaban J connectivity index is 1.86. The molecule has 7 heteroatoms. The number of rotatable bonds is 2. The molecule has 2 N–H and O–H groups in total. The molecule has 2 aromatic heterocycles. The van der Waals surface area contributed by atoms with E-state index in [-0.39, 0.29) is 11.3 Å². The minimum absolute atomic E-state index is 0.0790. The second-order valence-electron chi connectivity index (χ2n) is 5.69. The van der Waals surface area contributed by atoms with Crippen LogP contribution in [-0.4, -0.2) is 26.0 Å². The monoisotopic (exact) mass is 396 g/mol. The molecule has 2 aromatic carbocycles. The zero-order valence-corrected chi connectivity index (χ0v) is 14.8. The molecule has 6 nitrogen and oxygen atoms in total. The molecule has 0 saturated heterocycles. The molecule has 2 heterocycles. The Morgan fingerprint density at radius 2 is 2.16 bits per heavy atom. The molecule has 4 rings (SSSR count). The molecule has 4 aromatic rings. The Hall–Kier alpha value is -2.93. The molecule has 0 saturated carbocycles. The van der Waals surface area contributed by atoms with Crippen LogP contribution in [0.25, 0.3) is 21.9 Å². The van der Waals surface area contributed by atoms with E-state index in [2.05, 4.69) is 31.0 Å². The third-order valence-electron chi connectivity index (χ3n) is 4.04.